The van der Waals surface area contributed by atoms with Gasteiger partial charge in [-0.05, 0) is 30.9 Å². The van der Waals surface area contributed by atoms with E-state index in [1.54, 1.807) is 0 Å². The normalized spacial score (nSPS) is 19.4. The molecule has 1 heterocycles. The smallest absolute Gasteiger partial charge is 0.0923 e. The molecule has 2 nitrogen and oxygen atoms in total. The van der Waals surface area contributed by atoms with Crippen LogP contribution in [0.4, 0.5) is 0 Å². The van der Waals surface area contributed by atoms with Gasteiger partial charge in [0, 0.05) is 19.6 Å². The second-order valence-electron chi connectivity index (χ2n) is 5.83. The molecule has 17 heavy (non-hydrogen) atoms. The fraction of sp³-hybridized carbons (Fsp3) is 0.600. The van der Waals surface area contributed by atoms with Crippen LogP contribution >= 0.6 is 0 Å². The predicted molar refractivity (Wildman–Crippen MR) is 71.0 cm³/mol. The zero-order valence-electron chi connectivity index (χ0n) is 11.3. The SMILES string of the molecule is Cc1ccc(C)c(CN2CC(O)(C(C)C)C2)c1. The van der Waals surface area contributed by atoms with Crippen molar-refractivity contribution in [3.8, 4) is 0 Å². The monoisotopic (exact) mass is 233 g/mol. The Morgan fingerprint density at radius 3 is 2.53 bits per heavy atom. The third kappa shape index (κ3) is 2.53. The lowest BCUT2D eigenvalue weighted by Gasteiger charge is -2.49. The summed E-state index contributed by atoms with van der Waals surface area (Å²) in [6.07, 6.45) is 0. The molecule has 94 valence electrons. The van der Waals surface area contributed by atoms with Gasteiger partial charge in [0.1, 0.15) is 0 Å². The highest BCUT2D eigenvalue weighted by atomic mass is 16.3. The second kappa shape index (κ2) is 4.43. The lowest BCUT2D eigenvalue weighted by molar-refractivity contribution is -0.130. The molecule has 0 radical (unpaired) electrons. The molecule has 2 rings (SSSR count). The standard InChI is InChI=1S/C15H23NO/c1-11(2)15(17)9-16(10-15)8-14-7-12(3)5-6-13(14)4/h5-7,11,17H,8-10H2,1-4H3. The second-order valence-corrected chi connectivity index (χ2v) is 5.83. The summed E-state index contributed by atoms with van der Waals surface area (Å²) in [5, 5.41) is 10.2. The lowest BCUT2D eigenvalue weighted by atomic mass is 9.82. The topological polar surface area (TPSA) is 23.5 Å². The zero-order chi connectivity index (χ0) is 12.6. The first-order chi connectivity index (χ1) is 7.90. The number of β-amino-alcohol motifs (C(OH)–C–C–N with tert-alkyl or cyclic N) is 1. The summed E-state index contributed by atoms with van der Waals surface area (Å²) < 4.78 is 0. The number of rotatable bonds is 3. The maximum absolute atomic E-state index is 10.2. The fourth-order valence-corrected chi connectivity index (χ4v) is 2.42. The third-order valence-corrected chi connectivity index (χ3v) is 3.97. The van der Waals surface area contributed by atoms with E-state index in [9.17, 15) is 5.11 Å². The highest BCUT2D eigenvalue weighted by Crippen LogP contribution is 2.30. The Balaban J connectivity index is 1.98. The van der Waals surface area contributed by atoms with Crippen LogP contribution in [0, 0.1) is 19.8 Å². The number of nitrogens with zero attached hydrogens (tertiary/aromatic N) is 1. The molecule has 1 aromatic carbocycles. The van der Waals surface area contributed by atoms with E-state index in [0.29, 0.717) is 5.92 Å². The van der Waals surface area contributed by atoms with Crippen LogP contribution in [0.3, 0.4) is 0 Å². The van der Waals surface area contributed by atoms with Crippen molar-refractivity contribution < 1.29 is 5.11 Å². The number of hydrogen-bond acceptors (Lipinski definition) is 2. The minimum Gasteiger partial charge on any atom is -0.387 e. The van der Waals surface area contributed by atoms with Crippen LogP contribution in [-0.2, 0) is 6.54 Å². The van der Waals surface area contributed by atoms with Crippen LogP contribution in [0.5, 0.6) is 0 Å². The lowest BCUT2D eigenvalue weighted by Crippen LogP contribution is -2.63. The van der Waals surface area contributed by atoms with Crippen LogP contribution in [0.15, 0.2) is 18.2 Å². The minimum atomic E-state index is -0.461. The summed E-state index contributed by atoms with van der Waals surface area (Å²) in [7, 11) is 0. The van der Waals surface area contributed by atoms with E-state index >= 15 is 0 Å². The molecule has 1 N–H and O–H groups in total. The third-order valence-electron chi connectivity index (χ3n) is 3.97. The van der Waals surface area contributed by atoms with Crippen molar-refractivity contribution in [3.63, 3.8) is 0 Å². The Kier molecular flexibility index (Phi) is 3.28. The summed E-state index contributed by atoms with van der Waals surface area (Å²) in [6, 6.07) is 6.58. The van der Waals surface area contributed by atoms with E-state index in [-0.39, 0.29) is 0 Å². The first kappa shape index (κ1) is 12.6. The number of hydrogen-bond donors (Lipinski definition) is 1. The molecule has 0 atom stereocenters. The molecule has 1 fully saturated rings. The number of aliphatic hydroxyl groups is 1. The Bertz CT molecular complexity index is 405. The van der Waals surface area contributed by atoms with Crippen LogP contribution < -0.4 is 0 Å². The highest BCUT2D eigenvalue weighted by molar-refractivity contribution is 5.30. The van der Waals surface area contributed by atoms with Crippen molar-refractivity contribution in [2.24, 2.45) is 5.92 Å². The maximum atomic E-state index is 10.2. The minimum absolute atomic E-state index is 0.345. The maximum Gasteiger partial charge on any atom is 0.0923 e. The van der Waals surface area contributed by atoms with Gasteiger partial charge in [-0.1, -0.05) is 37.6 Å². The van der Waals surface area contributed by atoms with E-state index in [2.05, 4.69) is 50.8 Å². The zero-order valence-corrected chi connectivity index (χ0v) is 11.3. The average molecular weight is 233 g/mol. The van der Waals surface area contributed by atoms with E-state index in [4.69, 9.17) is 0 Å². The van der Waals surface area contributed by atoms with Crippen LogP contribution in [0.25, 0.3) is 0 Å². The van der Waals surface area contributed by atoms with Crippen molar-refractivity contribution >= 4 is 0 Å². The number of aryl methyl sites for hydroxylation is 2. The van der Waals surface area contributed by atoms with Crippen molar-refractivity contribution in [2.75, 3.05) is 13.1 Å². The summed E-state index contributed by atoms with van der Waals surface area (Å²) in [5.74, 6) is 0.345. The molecule has 0 spiro atoms. The summed E-state index contributed by atoms with van der Waals surface area (Å²) in [6.45, 7) is 11.0. The molecule has 0 unspecified atom stereocenters. The van der Waals surface area contributed by atoms with Gasteiger partial charge in [0.25, 0.3) is 0 Å². The fourth-order valence-electron chi connectivity index (χ4n) is 2.42. The van der Waals surface area contributed by atoms with Crippen molar-refractivity contribution in [1.29, 1.82) is 0 Å². The summed E-state index contributed by atoms with van der Waals surface area (Å²) >= 11 is 0. The first-order valence-electron chi connectivity index (χ1n) is 6.41. The van der Waals surface area contributed by atoms with E-state index in [1.807, 2.05) is 0 Å². The summed E-state index contributed by atoms with van der Waals surface area (Å²) in [4.78, 5) is 2.32. The predicted octanol–water partition coefficient (Wildman–Crippen LogP) is 2.51. The van der Waals surface area contributed by atoms with Gasteiger partial charge in [-0.3, -0.25) is 4.90 Å². The van der Waals surface area contributed by atoms with Crippen molar-refractivity contribution in [1.82, 2.24) is 4.90 Å². The van der Waals surface area contributed by atoms with Gasteiger partial charge in [-0.2, -0.15) is 0 Å². The van der Waals surface area contributed by atoms with E-state index in [0.717, 1.165) is 19.6 Å². The molecular weight excluding hydrogens is 210 g/mol. The molecular formula is C15H23NO. The molecule has 0 bridgehead atoms. The van der Waals surface area contributed by atoms with Gasteiger partial charge in [0.2, 0.25) is 0 Å². The van der Waals surface area contributed by atoms with Crippen LogP contribution in [0.1, 0.15) is 30.5 Å². The van der Waals surface area contributed by atoms with Gasteiger partial charge >= 0.3 is 0 Å². The molecule has 0 aromatic heterocycles. The molecule has 1 aliphatic rings. The van der Waals surface area contributed by atoms with Gasteiger partial charge in [-0.15, -0.1) is 0 Å². The van der Waals surface area contributed by atoms with Crippen LogP contribution in [0.2, 0.25) is 0 Å². The molecule has 1 saturated heterocycles. The quantitative estimate of drug-likeness (QED) is 0.867. The largest absolute Gasteiger partial charge is 0.387 e. The number of likely N-dealkylation sites (tertiary alicyclic amines) is 1. The Morgan fingerprint density at radius 1 is 1.29 bits per heavy atom. The Hall–Kier alpha value is -0.860. The molecule has 0 aliphatic carbocycles. The first-order valence-corrected chi connectivity index (χ1v) is 6.41. The van der Waals surface area contributed by atoms with Gasteiger partial charge in [0.05, 0.1) is 5.60 Å². The van der Waals surface area contributed by atoms with Gasteiger partial charge in [-0.25, -0.2) is 0 Å². The molecule has 2 heteroatoms. The Labute approximate surface area is 104 Å². The van der Waals surface area contributed by atoms with Gasteiger partial charge in [0.15, 0.2) is 0 Å². The molecule has 0 amide bonds. The summed E-state index contributed by atoms with van der Waals surface area (Å²) in [5.41, 5.74) is 3.58. The van der Waals surface area contributed by atoms with Crippen molar-refractivity contribution in [2.45, 2.75) is 39.8 Å². The van der Waals surface area contributed by atoms with Gasteiger partial charge < -0.3 is 5.11 Å². The number of benzene rings is 1. The van der Waals surface area contributed by atoms with Crippen LogP contribution in [-0.4, -0.2) is 28.7 Å². The molecule has 1 aromatic rings. The Morgan fingerprint density at radius 2 is 1.94 bits per heavy atom. The van der Waals surface area contributed by atoms with E-state index < -0.39 is 5.60 Å². The van der Waals surface area contributed by atoms with Crippen molar-refractivity contribution in [3.05, 3.63) is 34.9 Å². The highest BCUT2D eigenvalue weighted by Gasteiger charge is 2.43. The molecule has 0 saturated carbocycles. The average Bonchev–Trinajstić information content (AvgIpc) is 2.20. The molecule has 1 aliphatic heterocycles. The van der Waals surface area contributed by atoms with E-state index in [1.165, 1.54) is 16.7 Å².